The van der Waals surface area contributed by atoms with Crippen LogP contribution in [-0.2, 0) is 0 Å². The molecule has 1 aromatic heterocycles. The molecule has 0 radical (unpaired) electrons. The number of hydrogen-bond acceptors (Lipinski definition) is 2. The minimum Gasteiger partial charge on any atom is -0.305 e. The number of allylic oxidation sites excluding steroid dienone is 1. The monoisotopic (exact) mass is 351 g/mol. The molecule has 4 heteroatoms. The summed E-state index contributed by atoms with van der Waals surface area (Å²) in [6.07, 6.45) is 5.33. The molecule has 124 valence electrons. The van der Waals surface area contributed by atoms with Gasteiger partial charge in [-0.15, -0.1) is 23.7 Å². The highest BCUT2D eigenvalue weighted by atomic mass is 35.5. The Hall–Kier alpha value is -0.900. The molecule has 1 aromatic carbocycles. The van der Waals surface area contributed by atoms with Gasteiger partial charge in [0.25, 0.3) is 0 Å². The molecule has 1 fully saturated rings. The van der Waals surface area contributed by atoms with Crippen LogP contribution in [0.3, 0.4) is 0 Å². The number of thiophene rings is 1. The van der Waals surface area contributed by atoms with E-state index in [2.05, 4.69) is 25.1 Å². The highest BCUT2D eigenvalue weighted by molar-refractivity contribution is 7.20. The zero-order valence-electron chi connectivity index (χ0n) is 13.6. The summed E-state index contributed by atoms with van der Waals surface area (Å²) in [5.41, 5.74) is 3.21. The highest BCUT2D eigenvalue weighted by Gasteiger charge is 2.35. The fraction of sp³-hybridized carbons (Fsp3) is 0.474. The fourth-order valence-electron chi connectivity index (χ4n) is 4.31. The van der Waals surface area contributed by atoms with Gasteiger partial charge in [-0.05, 0) is 80.8 Å². The SMILES string of the molecule is CN(C)CC1=C(c2cc3ccc(F)cc3s2)[C@H]2CC[C@H](C1)C2.Cl. The van der Waals surface area contributed by atoms with E-state index in [0.29, 0.717) is 0 Å². The first-order valence-corrected chi connectivity index (χ1v) is 8.98. The van der Waals surface area contributed by atoms with Crippen molar-refractivity contribution in [3.63, 3.8) is 0 Å². The maximum atomic E-state index is 13.5. The molecular formula is C19H23ClFNS. The normalized spacial score (nSPS) is 23.7. The van der Waals surface area contributed by atoms with Gasteiger partial charge in [-0.25, -0.2) is 4.39 Å². The van der Waals surface area contributed by atoms with E-state index in [4.69, 9.17) is 0 Å². The minimum absolute atomic E-state index is 0. The van der Waals surface area contributed by atoms with Crippen LogP contribution in [-0.4, -0.2) is 25.5 Å². The lowest BCUT2D eigenvalue weighted by Gasteiger charge is -2.28. The van der Waals surface area contributed by atoms with Crippen molar-refractivity contribution >= 4 is 39.4 Å². The standard InChI is InChI=1S/C19H22FNS.ClH/c1-21(2)11-15-8-12-3-4-14(7-12)19(15)18-9-13-5-6-16(20)10-17(13)22-18;/h5-6,9-10,12,14H,3-4,7-8,11H2,1-2H3;1H/t12-,14-;/m0./s1. The smallest absolute Gasteiger partial charge is 0.124 e. The highest BCUT2D eigenvalue weighted by Crippen LogP contribution is 2.50. The zero-order chi connectivity index (χ0) is 15.3. The first-order chi connectivity index (χ1) is 10.6. The number of likely N-dealkylation sites (N-methyl/N-ethyl adjacent to an activating group) is 1. The predicted molar refractivity (Wildman–Crippen MR) is 100.0 cm³/mol. The third-order valence-corrected chi connectivity index (χ3v) is 6.25. The zero-order valence-corrected chi connectivity index (χ0v) is 15.3. The molecule has 0 N–H and O–H groups in total. The number of halogens is 2. The largest absolute Gasteiger partial charge is 0.305 e. The summed E-state index contributed by atoms with van der Waals surface area (Å²) in [6, 6.07) is 7.44. The Morgan fingerprint density at radius 3 is 2.83 bits per heavy atom. The van der Waals surface area contributed by atoms with E-state index in [0.717, 1.165) is 23.1 Å². The van der Waals surface area contributed by atoms with Crippen LogP contribution in [0.4, 0.5) is 4.39 Å². The van der Waals surface area contributed by atoms with Gasteiger partial charge in [-0.3, -0.25) is 0 Å². The molecule has 2 aliphatic carbocycles. The van der Waals surface area contributed by atoms with Crippen molar-refractivity contribution in [2.45, 2.75) is 25.7 Å². The summed E-state index contributed by atoms with van der Waals surface area (Å²) in [4.78, 5) is 3.66. The van der Waals surface area contributed by atoms with E-state index in [9.17, 15) is 4.39 Å². The number of rotatable bonds is 3. The summed E-state index contributed by atoms with van der Waals surface area (Å²) in [5, 5.41) is 1.18. The van der Waals surface area contributed by atoms with Crippen LogP contribution in [0.25, 0.3) is 15.7 Å². The lowest BCUT2D eigenvalue weighted by Crippen LogP contribution is -2.21. The van der Waals surface area contributed by atoms with Crippen molar-refractivity contribution in [2.75, 3.05) is 20.6 Å². The molecule has 1 saturated carbocycles. The van der Waals surface area contributed by atoms with E-state index < -0.39 is 0 Å². The lowest BCUT2D eigenvalue weighted by atomic mass is 9.82. The maximum absolute atomic E-state index is 13.5. The van der Waals surface area contributed by atoms with Crippen LogP contribution in [0.15, 0.2) is 29.8 Å². The average Bonchev–Trinajstić information content (AvgIpc) is 3.02. The first kappa shape index (κ1) is 16.9. The summed E-state index contributed by atoms with van der Waals surface area (Å²) in [7, 11) is 4.31. The van der Waals surface area contributed by atoms with Crippen LogP contribution in [0.5, 0.6) is 0 Å². The van der Waals surface area contributed by atoms with Gasteiger partial charge in [0.05, 0.1) is 0 Å². The second kappa shape index (κ2) is 6.54. The van der Waals surface area contributed by atoms with E-state index in [1.807, 2.05) is 6.07 Å². The van der Waals surface area contributed by atoms with Gasteiger partial charge in [-0.1, -0.05) is 11.6 Å². The molecule has 0 aliphatic heterocycles. The maximum Gasteiger partial charge on any atom is 0.124 e. The van der Waals surface area contributed by atoms with Crippen molar-refractivity contribution in [2.24, 2.45) is 11.8 Å². The third-order valence-electron chi connectivity index (χ3n) is 5.12. The number of benzene rings is 1. The molecule has 0 spiro atoms. The first-order valence-electron chi connectivity index (χ1n) is 8.16. The van der Waals surface area contributed by atoms with Crippen molar-refractivity contribution in [1.29, 1.82) is 0 Å². The second-order valence-corrected chi connectivity index (χ2v) is 8.21. The summed E-state index contributed by atoms with van der Waals surface area (Å²) < 4.78 is 14.6. The molecule has 1 heterocycles. The van der Waals surface area contributed by atoms with E-state index >= 15 is 0 Å². The van der Waals surface area contributed by atoms with Gasteiger partial charge in [0.2, 0.25) is 0 Å². The Balaban J connectivity index is 0.00000156. The molecule has 4 rings (SSSR count). The molecule has 0 saturated heterocycles. The van der Waals surface area contributed by atoms with Crippen LogP contribution in [0, 0.1) is 17.7 Å². The molecule has 2 aromatic rings. The predicted octanol–water partition coefficient (Wildman–Crippen LogP) is 5.60. The number of nitrogens with zero attached hydrogens (tertiary/aromatic N) is 1. The van der Waals surface area contributed by atoms with Gasteiger partial charge >= 0.3 is 0 Å². The van der Waals surface area contributed by atoms with E-state index in [1.165, 1.54) is 35.9 Å². The molecule has 0 unspecified atom stereocenters. The Morgan fingerprint density at radius 2 is 2.04 bits per heavy atom. The van der Waals surface area contributed by atoms with Gasteiger partial charge in [0.15, 0.2) is 0 Å². The summed E-state index contributed by atoms with van der Waals surface area (Å²) in [5.74, 6) is 1.50. The Kier molecular flexibility index (Phi) is 4.82. The lowest BCUT2D eigenvalue weighted by molar-refractivity contribution is 0.413. The van der Waals surface area contributed by atoms with Crippen molar-refractivity contribution in [3.05, 3.63) is 40.5 Å². The van der Waals surface area contributed by atoms with Gasteiger partial charge in [0.1, 0.15) is 5.82 Å². The number of fused-ring (bicyclic) bond motifs is 3. The fourth-order valence-corrected chi connectivity index (χ4v) is 5.57. The van der Waals surface area contributed by atoms with Gasteiger partial charge in [-0.2, -0.15) is 0 Å². The number of hydrogen-bond donors (Lipinski definition) is 0. The van der Waals surface area contributed by atoms with Crippen molar-refractivity contribution < 1.29 is 4.39 Å². The molecule has 1 nitrogen and oxygen atoms in total. The Morgan fingerprint density at radius 1 is 1.22 bits per heavy atom. The molecule has 0 amide bonds. The van der Waals surface area contributed by atoms with Crippen LogP contribution in [0.2, 0.25) is 0 Å². The van der Waals surface area contributed by atoms with Gasteiger partial charge < -0.3 is 4.90 Å². The summed E-state index contributed by atoms with van der Waals surface area (Å²) in [6.45, 7) is 1.06. The Bertz CT molecular complexity index is 749. The third kappa shape index (κ3) is 3.19. The van der Waals surface area contributed by atoms with Crippen molar-refractivity contribution in [1.82, 2.24) is 4.90 Å². The van der Waals surface area contributed by atoms with Gasteiger partial charge in [0, 0.05) is 16.1 Å². The molecule has 23 heavy (non-hydrogen) atoms. The quantitative estimate of drug-likeness (QED) is 0.696. The minimum atomic E-state index is -0.132. The topological polar surface area (TPSA) is 3.24 Å². The molecule has 2 aliphatic rings. The van der Waals surface area contributed by atoms with Crippen LogP contribution < -0.4 is 0 Å². The van der Waals surface area contributed by atoms with E-state index in [-0.39, 0.29) is 18.2 Å². The summed E-state index contributed by atoms with van der Waals surface area (Å²) >= 11 is 1.77. The van der Waals surface area contributed by atoms with Crippen LogP contribution >= 0.6 is 23.7 Å². The molecule has 2 bridgehead atoms. The van der Waals surface area contributed by atoms with E-state index in [1.54, 1.807) is 34.6 Å². The van der Waals surface area contributed by atoms with Crippen LogP contribution in [0.1, 0.15) is 30.6 Å². The molecular weight excluding hydrogens is 329 g/mol. The van der Waals surface area contributed by atoms with Crippen molar-refractivity contribution in [3.8, 4) is 0 Å². The second-order valence-electron chi connectivity index (χ2n) is 7.13. The Labute approximate surface area is 147 Å². The average molecular weight is 352 g/mol. The molecule has 2 atom stereocenters.